The largest absolute Gasteiger partial charge is 0.481 e. The molecule has 3 rings (SSSR count). The molecule has 0 saturated heterocycles. The number of rotatable bonds is 6. The summed E-state index contributed by atoms with van der Waals surface area (Å²) in [5.41, 5.74) is 0.892. The Balaban J connectivity index is 2.11. The molecule has 6 heteroatoms. The van der Waals surface area contributed by atoms with Crippen molar-refractivity contribution in [2.75, 3.05) is 0 Å². The highest BCUT2D eigenvalue weighted by Gasteiger charge is 2.15. The second-order valence-electron chi connectivity index (χ2n) is 5.58. The number of fused-ring (bicyclic) bond motifs is 1. The second-order valence-corrected chi connectivity index (χ2v) is 6.69. The van der Waals surface area contributed by atoms with E-state index in [0.717, 1.165) is 21.7 Å². The Morgan fingerprint density at radius 3 is 2.71 bits per heavy atom. The number of thiophene rings is 1. The predicted octanol–water partition coefficient (Wildman–Crippen LogP) is 3.09. The summed E-state index contributed by atoms with van der Waals surface area (Å²) < 4.78 is 1.51. The molecule has 0 aliphatic carbocycles. The highest BCUT2D eigenvalue weighted by Crippen LogP contribution is 2.23. The molecule has 1 N–H and O–H groups in total. The van der Waals surface area contributed by atoms with Crippen LogP contribution in [0, 0.1) is 0 Å². The Hall–Kier alpha value is -2.47. The SMILES string of the molecule is CCc1cc2c(=O)n(CCC(=O)O)c(Cc3ccccc3)nc2s1. The van der Waals surface area contributed by atoms with Gasteiger partial charge in [-0.2, -0.15) is 0 Å². The summed E-state index contributed by atoms with van der Waals surface area (Å²) in [7, 11) is 0. The molecule has 2 aromatic heterocycles. The van der Waals surface area contributed by atoms with Crippen LogP contribution in [0.2, 0.25) is 0 Å². The first-order valence-electron chi connectivity index (χ1n) is 7.86. The molecule has 0 aliphatic heterocycles. The number of aliphatic carboxylic acids is 1. The summed E-state index contributed by atoms with van der Waals surface area (Å²) in [6.07, 6.45) is 1.26. The van der Waals surface area contributed by atoms with E-state index >= 15 is 0 Å². The smallest absolute Gasteiger partial charge is 0.305 e. The molecule has 0 fully saturated rings. The molecule has 1 aromatic carbocycles. The van der Waals surface area contributed by atoms with Crippen LogP contribution >= 0.6 is 11.3 Å². The lowest BCUT2D eigenvalue weighted by Gasteiger charge is -2.11. The van der Waals surface area contributed by atoms with Crippen LogP contribution in [-0.4, -0.2) is 20.6 Å². The lowest BCUT2D eigenvalue weighted by molar-refractivity contribution is -0.137. The van der Waals surface area contributed by atoms with Gasteiger partial charge in [-0.05, 0) is 18.1 Å². The Morgan fingerprint density at radius 2 is 2.04 bits per heavy atom. The number of aromatic nitrogens is 2. The van der Waals surface area contributed by atoms with E-state index < -0.39 is 5.97 Å². The Morgan fingerprint density at radius 1 is 1.29 bits per heavy atom. The molecule has 24 heavy (non-hydrogen) atoms. The highest BCUT2D eigenvalue weighted by atomic mass is 32.1. The molecular formula is C18H18N2O3S. The van der Waals surface area contributed by atoms with Gasteiger partial charge in [0.15, 0.2) is 0 Å². The van der Waals surface area contributed by atoms with Crippen LogP contribution in [0.1, 0.15) is 29.6 Å². The predicted molar refractivity (Wildman–Crippen MR) is 94.8 cm³/mol. The minimum absolute atomic E-state index is 0.0976. The zero-order valence-electron chi connectivity index (χ0n) is 13.4. The van der Waals surface area contributed by atoms with E-state index in [-0.39, 0.29) is 18.5 Å². The van der Waals surface area contributed by atoms with Gasteiger partial charge in [0.25, 0.3) is 5.56 Å². The van der Waals surface area contributed by atoms with Gasteiger partial charge in [-0.25, -0.2) is 4.98 Å². The molecule has 0 amide bonds. The summed E-state index contributed by atoms with van der Waals surface area (Å²) in [4.78, 5) is 30.3. The number of hydrogen-bond acceptors (Lipinski definition) is 4. The van der Waals surface area contributed by atoms with Gasteiger partial charge in [0.2, 0.25) is 0 Å². The summed E-state index contributed by atoms with van der Waals surface area (Å²) in [6.45, 7) is 2.18. The van der Waals surface area contributed by atoms with E-state index in [1.54, 1.807) is 0 Å². The number of nitrogens with zero attached hydrogens (tertiary/aromatic N) is 2. The molecular weight excluding hydrogens is 324 g/mol. The first-order chi connectivity index (χ1) is 11.6. The second kappa shape index (κ2) is 6.97. The summed E-state index contributed by atoms with van der Waals surface area (Å²) in [5, 5.41) is 9.55. The number of benzene rings is 1. The zero-order chi connectivity index (χ0) is 17.1. The van der Waals surface area contributed by atoms with Gasteiger partial charge in [-0.3, -0.25) is 14.2 Å². The molecule has 124 valence electrons. The topological polar surface area (TPSA) is 72.2 Å². The van der Waals surface area contributed by atoms with E-state index in [1.165, 1.54) is 15.9 Å². The lowest BCUT2D eigenvalue weighted by atomic mass is 10.1. The van der Waals surface area contributed by atoms with Crippen molar-refractivity contribution >= 4 is 27.5 Å². The van der Waals surface area contributed by atoms with Gasteiger partial charge in [0, 0.05) is 17.8 Å². The molecule has 0 unspecified atom stereocenters. The van der Waals surface area contributed by atoms with Gasteiger partial charge in [-0.15, -0.1) is 11.3 Å². The van der Waals surface area contributed by atoms with E-state index in [0.29, 0.717) is 17.6 Å². The maximum absolute atomic E-state index is 12.8. The van der Waals surface area contributed by atoms with Crippen molar-refractivity contribution in [2.45, 2.75) is 32.7 Å². The Bertz CT molecular complexity index is 929. The lowest BCUT2D eigenvalue weighted by Crippen LogP contribution is -2.26. The van der Waals surface area contributed by atoms with Crippen LogP contribution in [0.25, 0.3) is 10.2 Å². The quantitative estimate of drug-likeness (QED) is 0.747. The van der Waals surface area contributed by atoms with Crippen molar-refractivity contribution in [3.8, 4) is 0 Å². The molecule has 3 aromatic rings. The standard InChI is InChI=1S/C18H18N2O3S/c1-2-13-11-14-17(24-13)19-15(10-12-6-4-3-5-7-12)20(18(14)23)9-8-16(21)22/h3-7,11H,2,8-10H2,1H3,(H,21,22). The maximum Gasteiger partial charge on any atom is 0.305 e. The Labute approximate surface area is 143 Å². The van der Waals surface area contributed by atoms with Crippen molar-refractivity contribution in [3.05, 3.63) is 63.0 Å². The van der Waals surface area contributed by atoms with Crippen LogP contribution in [0.5, 0.6) is 0 Å². The minimum atomic E-state index is -0.924. The third kappa shape index (κ3) is 3.38. The number of carbonyl (C=O) groups is 1. The molecule has 2 heterocycles. The number of carboxylic acid groups (broad SMARTS) is 1. The van der Waals surface area contributed by atoms with Gasteiger partial charge in [-0.1, -0.05) is 37.3 Å². The van der Waals surface area contributed by atoms with Gasteiger partial charge < -0.3 is 5.11 Å². The van der Waals surface area contributed by atoms with Crippen LogP contribution in [-0.2, 0) is 24.2 Å². The average Bonchev–Trinajstić information content (AvgIpc) is 2.99. The fourth-order valence-corrected chi connectivity index (χ4v) is 3.61. The molecule has 0 spiro atoms. The summed E-state index contributed by atoms with van der Waals surface area (Å²) in [5.74, 6) is -0.309. The van der Waals surface area contributed by atoms with Gasteiger partial charge in [0.05, 0.1) is 11.8 Å². The van der Waals surface area contributed by atoms with Crippen LogP contribution in [0.15, 0.2) is 41.2 Å². The van der Waals surface area contributed by atoms with E-state index in [1.807, 2.05) is 43.3 Å². The fourth-order valence-electron chi connectivity index (χ4n) is 2.63. The van der Waals surface area contributed by atoms with Crippen LogP contribution in [0.4, 0.5) is 0 Å². The van der Waals surface area contributed by atoms with E-state index in [4.69, 9.17) is 5.11 Å². The van der Waals surface area contributed by atoms with Crippen molar-refractivity contribution < 1.29 is 9.90 Å². The third-order valence-electron chi connectivity index (χ3n) is 3.88. The summed E-state index contributed by atoms with van der Waals surface area (Å²) in [6, 6.07) is 11.6. The third-order valence-corrected chi connectivity index (χ3v) is 5.06. The van der Waals surface area contributed by atoms with Crippen molar-refractivity contribution in [1.82, 2.24) is 9.55 Å². The maximum atomic E-state index is 12.8. The summed E-state index contributed by atoms with van der Waals surface area (Å²) >= 11 is 1.53. The molecule has 0 saturated carbocycles. The van der Waals surface area contributed by atoms with Crippen molar-refractivity contribution in [2.24, 2.45) is 0 Å². The van der Waals surface area contributed by atoms with Gasteiger partial charge >= 0.3 is 5.97 Å². The number of hydrogen-bond donors (Lipinski definition) is 1. The van der Waals surface area contributed by atoms with Crippen molar-refractivity contribution in [3.63, 3.8) is 0 Å². The van der Waals surface area contributed by atoms with Gasteiger partial charge in [0.1, 0.15) is 10.7 Å². The normalized spacial score (nSPS) is 11.0. The fraction of sp³-hybridized carbons (Fsp3) is 0.278. The molecule has 0 radical (unpaired) electrons. The molecule has 0 aliphatic rings. The van der Waals surface area contributed by atoms with Crippen molar-refractivity contribution in [1.29, 1.82) is 0 Å². The first-order valence-corrected chi connectivity index (χ1v) is 8.68. The number of aryl methyl sites for hydroxylation is 1. The molecule has 0 atom stereocenters. The van der Waals surface area contributed by atoms with E-state index in [9.17, 15) is 9.59 Å². The average molecular weight is 342 g/mol. The van der Waals surface area contributed by atoms with Crippen LogP contribution < -0.4 is 5.56 Å². The van der Waals surface area contributed by atoms with Crippen LogP contribution in [0.3, 0.4) is 0 Å². The zero-order valence-corrected chi connectivity index (χ0v) is 14.2. The monoisotopic (exact) mass is 342 g/mol. The molecule has 5 nitrogen and oxygen atoms in total. The first kappa shape index (κ1) is 16.4. The molecule has 0 bridgehead atoms. The number of carboxylic acids is 1. The Kier molecular flexibility index (Phi) is 4.76. The highest BCUT2D eigenvalue weighted by molar-refractivity contribution is 7.18. The van der Waals surface area contributed by atoms with E-state index in [2.05, 4.69) is 4.98 Å². The minimum Gasteiger partial charge on any atom is -0.481 e.